The first-order chi connectivity index (χ1) is 15.4. The second-order valence-corrected chi connectivity index (χ2v) is 12.6. The van der Waals surface area contributed by atoms with Crippen molar-refractivity contribution in [3.63, 3.8) is 0 Å². The van der Waals surface area contributed by atoms with Crippen LogP contribution in [-0.4, -0.2) is 52.8 Å². The molecule has 1 saturated heterocycles. The average Bonchev–Trinajstić information content (AvgIpc) is 3.07. The molecule has 1 N–H and O–H groups in total. The first kappa shape index (κ1) is 24.5. The number of carbonyl (C=O) groups is 3. The lowest BCUT2D eigenvalue weighted by atomic mass is 9.47. The zero-order valence-corrected chi connectivity index (χ0v) is 21.8. The molecule has 6 nitrogen and oxygen atoms in total. The van der Waals surface area contributed by atoms with Crippen molar-refractivity contribution in [3.8, 4) is 0 Å². The van der Waals surface area contributed by atoms with E-state index < -0.39 is 0 Å². The van der Waals surface area contributed by atoms with Gasteiger partial charge in [-0.05, 0) is 101 Å². The van der Waals surface area contributed by atoms with Crippen molar-refractivity contribution in [2.24, 2.45) is 34.5 Å². The number of carbonyl (C=O) groups excluding carboxylic acids is 3. The quantitative estimate of drug-likeness (QED) is 0.655. The summed E-state index contributed by atoms with van der Waals surface area (Å²) < 4.78 is 0. The van der Waals surface area contributed by atoms with E-state index in [0.717, 1.165) is 44.9 Å². The van der Waals surface area contributed by atoms with Crippen molar-refractivity contribution in [2.45, 2.75) is 111 Å². The van der Waals surface area contributed by atoms with Crippen molar-refractivity contribution in [3.05, 3.63) is 0 Å². The summed E-state index contributed by atoms with van der Waals surface area (Å²) in [5.74, 6) is 2.04. The van der Waals surface area contributed by atoms with E-state index in [0.29, 0.717) is 36.1 Å². The van der Waals surface area contributed by atoms with Crippen LogP contribution in [0.25, 0.3) is 0 Å². The Bertz CT molecular complexity index is 810. The normalized spacial score (nSPS) is 40.3. The van der Waals surface area contributed by atoms with Crippen LogP contribution in [0.2, 0.25) is 0 Å². The highest BCUT2D eigenvalue weighted by molar-refractivity contribution is 5.96. The minimum Gasteiger partial charge on any atom is -0.342 e. The van der Waals surface area contributed by atoms with Gasteiger partial charge < -0.3 is 10.2 Å². The molecule has 0 radical (unpaired) electrons. The number of imide groups is 1. The van der Waals surface area contributed by atoms with E-state index in [2.05, 4.69) is 19.2 Å². The first-order valence-corrected chi connectivity index (χ1v) is 13.3. The summed E-state index contributed by atoms with van der Waals surface area (Å²) in [5.41, 5.74) is 0.152. The van der Waals surface area contributed by atoms with Crippen LogP contribution in [0.5, 0.6) is 0 Å². The van der Waals surface area contributed by atoms with E-state index in [1.54, 1.807) is 0 Å². The van der Waals surface area contributed by atoms with Crippen LogP contribution in [-0.2, 0) is 9.59 Å². The summed E-state index contributed by atoms with van der Waals surface area (Å²) in [6.07, 6.45) is 8.07. The highest BCUT2D eigenvalue weighted by atomic mass is 16.3. The van der Waals surface area contributed by atoms with Crippen LogP contribution < -0.4 is 5.32 Å². The van der Waals surface area contributed by atoms with E-state index >= 15 is 0 Å². The number of fused-ring (bicyclic) bond motifs is 5. The van der Waals surface area contributed by atoms with Gasteiger partial charge in [-0.25, -0.2) is 4.79 Å². The Morgan fingerprint density at radius 3 is 2.33 bits per heavy atom. The van der Waals surface area contributed by atoms with Crippen molar-refractivity contribution in [1.29, 1.82) is 0 Å². The lowest BCUT2D eigenvalue weighted by Crippen LogP contribution is -2.61. The molecule has 0 unspecified atom stereocenters. The monoisotopic (exact) mass is 461 g/mol. The van der Waals surface area contributed by atoms with E-state index in [1.165, 1.54) is 4.90 Å². The van der Waals surface area contributed by atoms with Crippen LogP contribution in [0.1, 0.15) is 92.9 Å². The van der Waals surface area contributed by atoms with E-state index in [9.17, 15) is 14.4 Å². The molecule has 4 fully saturated rings. The number of hydrogen-bond donors (Lipinski definition) is 1. The Balaban J connectivity index is 1.56. The molecule has 0 bridgehead atoms. The molecule has 3 aliphatic carbocycles. The fraction of sp³-hybridized carbons (Fsp3) is 0.889. The molecule has 0 aromatic heterocycles. The molecule has 0 aromatic carbocycles. The molecule has 33 heavy (non-hydrogen) atoms. The number of piperidine rings is 1. The second kappa shape index (κ2) is 8.57. The summed E-state index contributed by atoms with van der Waals surface area (Å²) in [5, 5.41) is 2.94. The van der Waals surface area contributed by atoms with Gasteiger partial charge in [0.2, 0.25) is 11.8 Å². The van der Waals surface area contributed by atoms with Gasteiger partial charge in [0.1, 0.15) is 0 Å². The molecule has 0 aromatic rings. The van der Waals surface area contributed by atoms with Gasteiger partial charge in [-0.3, -0.25) is 14.5 Å². The maximum absolute atomic E-state index is 13.8. The Hall–Kier alpha value is -1.59. The Morgan fingerprint density at radius 1 is 1.03 bits per heavy atom. The van der Waals surface area contributed by atoms with Gasteiger partial charge in [0.25, 0.3) is 0 Å². The van der Waals surface area contributed by atoms with Crippen LogP contribution >= 0.6 is 0 Å². The summed E-state index contributed by atoms with van der Waals surface area (Å²) in [6.45, 7) is 12.5. The zero-order chi connectivity index (χ0) is 24.3. The number of nitrogens with zero attached hydrogens (tertiary/aromatic N) is 2. The highest BCUT2D eigenvalue weighted by Crippen LogP contribution is 2.66. The fourth-order valence-corrected chi connectivity index (χ4v) is 8.63. The molecule has 1 aliphatic heterocycles. The predicted octanol–water partition coefficient (Wildman–Crippen LogP) is 4.82. The molecule has 6 heteroatoms. The van der Waals surface area contributed by atoms with Gasteiger partial charge in [-0.15, -0.1) is 0 Å². The highest BCUT2D eigenvalue weighted by Gasteiger charge is 2.62. The standard InChI is InChI=1S/C27H45N3O3/c1-16(2)28-25(33)30(17(3)4)24(32)21-10-9-19-18-8-11-22-27(6,15-13-23(31)29(22)7)20(18)12-14-26(19,21)5/h16-22H,8-15H2,1-7H3,(H,28,33)/t18-,19-,20-,21+,22+,26-,27+/m0/s1/i24+2. The van der Waals surface area contributed by atoms with Gasteiger partial charge >= 0.3 is 6.03 Å². The summed E-state index contributed by atoms with van der Waals surface area (Å²) in [6, 6.07) is -0.0433. The molecule has 4 rings (SSSR count). The lowest BCUT2D eigenvalue weighted by Gasteiger charge is -2.61. The molecule has 0 spiro atoms. The average molecular weight is 462 g/mol. The van der Waals surface area contributed by atoms with Gasteiger partial charge in [0, 0.05) is 37.5 Å². The van der Waals surface area contributed by atoms with Crippen LogP contribution in [0, 0.1) is 34.5 Å². The van der Waals surface area contributed by atoms with E-state index in [-0.39, 0.29) is 40.8 Å². The van der Waals surface area contributed by atoms with Crippen molar-refractivity contribution in [2.75, 3.05) is 7.05 Å². The van der Waals surface area contributed by atoms with Crippen LogP contribution in [0.4, 0.5) is 4.79 Å². The smallest absolute Gasteiger partial charge is 0.324 e. The Kier molecular flexibility index (Phi) is 6.37. The number of urea groups is 1. The molecule has 4 aliphatic rings. The first-order valence-electron chi connectivity index (χ1n) is 13.3. The third-order valence-corrected chi connectivity index (χ3v) is 10.2. The van der Waals surface area contributed by atoms with Crippen molar-refractivity contribution < 1.29 is 14.4 Å². The van der Waals surface area contributed by atoms with Crippen molar-refractivity contribution >= 4 is 17.8 Å². The van der Waals surface area contributed by atoms with Gasteiger partial charge in [0.05, 0.1) is 0 Å². The molecular formula is C27H45N3O3. The Morgan fingerprint density at radius 2 is 1.70 bits per heavy atom. The number of likely N-dealkylation sites (tertiary alicyclic amines) is 1. The number of hydrogen-bond acceptors (Lipinski definition) is 3. The number of rotatable bonds is 3. The number of nitrogens with one attached hydrogen (secondary N) is 1. The lowest BCUT2D eigenvalue weighted by molar-refractivity contribution is -0.161. The summed E-state index contributed by atoms with van der Waals surface area (Å²) in [4.78, 5) is 42.7. The Labute approximate surface area is 200 Å². The molecule has 186 valence electrons. The second-order valence-electron chi connectivity index (χ2n) is 12.6. The van der Waals surface area contributed by atoms with Crippen molar-refractivity contribution in [1.82, 2.24) is 15.1 Å². The minimum absolute atomic E-state index is 0.00494. The molecule has 1 heterocycles. The fourth-order valence-electron chi connectivity index (χ4n) is 8.63. The SMILES string of the molecule is CC(C)NC(=O)N(C(C)C)[14C](=O)[C@H]1CC[C@H]2[C@@H]3CC[C@H]4N(C)C(=O)CC[C@]4(C)[C@H]3CC[C@]12C. The van der Waals surface area contributed by atoms with Gasteiger partial charge in [-0.1, -0.05) is 13.8 Å². The molecule has 7 atom stereocenters. The van der Waals surface area contributed by atoms with Gasteiger partial charge in [-0.2, -0.15) is 0 Å². The third-order valence-electron chi connectivity index (χ3n) is 10.2. The van der Waals surface area contributed by atoms with E-state index in [4.69, 9.17) is 0 Å². The summed E-state index contributed by atoms with van der Waals surface area (Å²) >= 11 is 0. The van der Waals surface area contributed by atoms with E-state index in [1.807, 2.05) is 39.6 Å². The largest absolute Gasteiger partial charge is 0.342 e. The molecule has 4 amide bonds. The zero-order valence-electron chi connectivity index (χ0n) is 21.8. The third kappa shape index (κ3) is 3.80. The topological polar surface area (TPSA) is 69.7 Å². The maximum Gasteiger partial charge on any atom is 0.324 e. The predicted molar refractivity (Wildman–Crippen MR) is 129 cm³/mol. The number of amides is 4. The molecular weight excluding hydrogens is 416 g/mol. The summed E-state index contributed by atoms with van der Waals surface area (Å²) in [7, 11) is 2.00. The van der Waals surface area contributed by atoms with Crippen LogP contribution in [0.15, 0.2) is 0 Å². The van der Waals surface area contributed by atoms with Gasteiger partial charge in [0.15, 0.2) is 0 Å². The minimum atomic E-state index is -0.256. The van der Waals surface area contributed by atoms with Crippen LogP contribution in [0.3, 0.4) is 0 Å². The molecule has 3 saturated carbocycles. The maximum atomic E-state index is 13.8.